The quantitative estimate of drug-likeness (QED) is 0.662. The Bertz CT molecular complexity index is 807. The molecule has 0 saturated carbocycles. The molecule has 2 atom stereocenters. The molecular weight excluding hydrogens is 320 g/mol. The largest absolute Gasteiger partial charge is 0.372 e. The second-order valence-corrected chi connectivity index (χ2v) is 5.22. The van der Waals surface area contributed by atoms with E-state index in [1.54, 1.807) is 4.90 Å². The van der Waals surface area contributed by atoms with Crippen LogP contribution >= 0.6 is 11.6 Å². The van der Waals surface area contributed by atoms with E-state index in [1.807, 2.05) is 12.1 Å². The summed E-state index contributed by atoms with van der Waals surface area (Å²) < 4.78 is 0. The molecule has 2 aliphatic heterocycles. The summed E-state index contributed by atoms with van der Waals surface area (Å²) in [7, 11) is 0. The van der Waals surface area contributed by atoms with Crippen LogP contribution in [0.5, 0.6) is 0 Å². The Hall–Kier alpha value is -2.49. The molecule has 3 N–H and O–H groups in total. The monoisotopic (exact) mass is 330 g/mol. The van der Waals surface area contributed by atoms with Gasteiger partial charge in [0.05, 0.1) is 22.5 Å². The maximum atomic E-state index is 10.1. The van der Waals surface area contributed by atoms with Crippen molar-refractivity contribution < 1.29 is 10.2 Å². The second kappa shape index (κ2) is 5.95. The van der Waals surface area contributed by atoms with Crippen LogP contribution in [0.1, 0.15) is 11.1 Å². The van der Waals surface area contributed by atoms with E-state index in [0.29, 0.717) is 17.9 Å². The fourth-order valence-corrected chi connectivity index (χ4v) is 2.67. The average Bonchev–Trinajstić information content (AvgIpc) is 2.54. The summed E-state index contributed by atoms with van der Waals surface area (Å²) in [5.41, 5.74) is 1.60. The van der Waals surface area contributed by atoms with Gasteiger partial charge in [-0.3, -0.25) is 0 Å². The van der Waals surface area contributed by atoms with Crippen molar-refractivity contribution in [3.8, 4) is 12.1 Å². The summed E-state index contributed by atoms with van der Waals surface area (Å²) in [5.74, 6) is 0.540. The van der Waals surface area contributed by atoms with Crippen molar-refractivity contribution in [2.45, 2.75) is 12.6 Å². The van der Waals surface area contributed by atoms with Crippen LogP contribution in [-0.2, 0) is 0 Å². The molecule has 2 unspecified atom stereocenters. The zero-order valence-electron chi connectivity index (χ0n) is 11.7. The van der Waals surface area contributed by atoms with Crippen LogP contribution in [0.2, 0.25) is 0 Å². The molecule has 0 amide bonds. The molecule has 2 heterocycles. The number of nitrogens with one attached hydrogen (secondary N) is 1. The standard InChI is InChI=1S/C14H11ClN6O2/c15-1-2-21-10-4-8(6-17)7(5-16)3-9(10)18-11-12(21)19-14(23)20-13(11)22/h3-4,13-14,20,22-23H,1-2H2. The van der Waals surface area contributed by atoms with Gasteiger partial charge >= 0.3 is 0 Å². The van der Waals surface area contributed by atoms with Gasteiger partial charge in [-0.2, -0.15) is 10.5 Å². The summed E-state index contributed by atoms with van der Waals surface area (Å²) in [4.78, 5) is 10.0. The normalized spacial score (nSPS) is 22.2. The van der Waals surface area contributed by atoms with Gasteiger partial charge in [0.25, 0.3) is 0 Å². The molecule has 1 aromatic rings. The zero-order valence-corrected chi connectivity index (χ0v) is 12.5. The van der Waals surface area contributed by atoms with Gasteiger partial charge < -0.3 is 15.1 Å². The minimum absolute atomic E-state index is 0.195. The highest BCUT2D eigenvalue weighted by Gasteiger charge is 2.35. The molecular formula is C14H11ClN6O2. The number of aliphatic hydroxyl groups is 2. The number of alkyl halides is 1. The minimum Gasteiger partial charge on any atom is -0.372 e. The highest BCUT2D eigenvalue weighted by molar-refractivity contribution is 6.49. The number of nitriles is 2. The Morgan fingerprint density at radius 1 is 1.26 bits per heavy atom. The van der Waals surface area contributed by atoms with Crippen LogP contribution in [0.25, 0.3) is 0 Å². The van der Waals surface area contributed by atoms with E-state index >= 15 is 0 Å². The van der Waals surface area contributed by atoms with E-state index in [0.717, 1.165) is 0 Å². The first-order valence-corrected chi connectivity index (χ1v) is 7.23. The smallest absolute Gasteiger partial charge is 0.206 e. The summed E-state index contributed by atoms with van der Waals surface area (Å²) in [6.07, 6.45) is -2.48. The van der Waals surface area contributed by atoms with E-state index in [-0.39, 0.29) is 28.6 Å². The number of nitrogens with zero attached hydrogens (tertiary/aromatic N) is 5. The predicted molar refractivity (Wildman–Crippen MR) is 83.6 cm³/mol. The van der Waals surface area contributed by atoms with Crippen molar-refractivity contribution in [2.75, 3.05) is 17.3 Å². The van der Waals surface area contributed by atoms with Crippen LogP contribution in [-0.4, -0.2) is 46.8 Å². The lowest BCUT2D eigenvalue weighted by atomic mass is 10.0. The molecule has 8 nitrogen and oxygen atoms in total. The fraction of sp³-hybridized carbons (Fsp3) is 0.286. The first-order valence-electron chi connectivity index (χ1n) is 6.69. The van der Waals surface area contributed by atoms with Gasteiger partial charge in [0.15, 0.2) is 12.1 Å². The lowest BCUT2D eigenvalue weighted by molar-refractivity contribution is 0.0770. The minimum atomic E-state index is -1.27. The van der Waals surface area contributed by atoms with Gasteiger partial charge in [0.1, 0.15) is 17.9 Å². The van der Waals surface area contributed by atoms with Crippen molar-refractivity contribution in [3.63, 3.8) is 0 Å². The van der Waals surface area contributed by atoms with E-state index in [1.165, 1.54) is 12.1 Å². The van der Waals surface area contributed by atoms with Crippen molar-refractivity contribution in [1.82, 2.24) is 5.32 Å². The Morgan fingerprint density at radius 2 is 1.96 bits per heavy atom. The molecule has 23 heavy (non-hydrogen) atoms. The lowest BCUT2D eigenvalue weighted by Gasteiger charge is -2.36. The molecule has 0 bridgehead atoms. The number of hydrogen-bond acceptors (Lipinski definition) is 8. The van der Waals surface area contributed by atoms with Gasteiger partial charge in [0.2, 0.25) is 6.35 Å². The first-order chi connectivity index (χ1) is 11.1. The SMILES string of the molecule is N#Cc1cc2c(cc1C#N)N(CCCl)C1=NC(O)NC(O)C1=N2. The number of rotatable bonds is 2. The molecule has 0 radical (unpaired) electrons. The number of amidine groups is 1. The highest BCUT2D eigenvalue weighted by atomic mass is 35.5. The number of aliphatic hydroxyl groups excluding tert-OH is 2. The predicted octanol–water partition coefficient (Wildman–Crippen LogP) is 0.157. The van der Waals surface area contributed by atoms with Crippen LogP contribution in [0.3, 0.4) is 0 Å². The zero-order chi connectivity index (χ0) is 16.6. The van der Waals surface area contributed by atoms with E-state index in [9.17, 15) is 15.5 Å². The molecule has 0 fully saturated rings. The summed E-state index contributed by atoms with van der Waals surface area (Å²) in [6, 6.07) is 6.93. The number of fused-ring (bicyclic) bond motifs is 2. The molecule has 3 rings (SSSR count). The Kier molecular flexibility index (Phi) is 3.99. The Balaban J connectivity index is 2.24. The Morgan fingerprint density at radius 3 is 2.61 bits per heavy atom. The number of benzene rings is 1. The molecule has 9 heteroatoms. The van der Waals surface area contributed by atoms with Crippen molar-refractivity contribution >= 4 is 34.5 Å². The molecule has 2 aliphatic rings. The average molecular weight is 331 g/mol. The van der Waals surface area contributed by atoms with Crippen LogP contribution < -0.4 is 10.2 Å². The molecule has 0 spiro atoms. The molecule has 1 aromatic carbocycles. The van der Waals surface area contributed by atoms with E-state index in [4.69, 9.17) is 16.9 Å². The third-order valence-corrected chi connectivity index (χ3v) is 3.66. The highest BCUT2D eigenvalue weighted by Crippen LogP contribution is 2.36. The van der Waals surface area contributed by atoms with Crippen LogP contribution in [0, 0.1) is 22.7 Å². The van der Waals surface area contributed by atoms with Gasteiger partial charge in [-0.1, -0.05) is 0 Å². The second-order valence-electron chi connectivity index (χ2n) is 4.84. The van der Waals surface area contributed by atoms with Crippen LogP contribution in [0.15, 0.2) is 22.1 Å². The summed E-state index contributed by atoms with van der Waals surface area (Å²) in [5, 5.41) is 40.5. The van der Waals surface area contributed by atoms with Crippen molar-refractivity contribution in [1.29, 1.82) is 10.5 Å². The number of hydrogen-bond donors (Lipinski definition) is 3. The molecule has 0 aromatic heterocycles. The van der Waals surface area contributed by atoms with Crippen LogP contribution in [0.4, 0.5) is 11.4 Å². The lowest BCUT2D eigenvalue weighted by Crippen LogP contribution is -2.56. The summed E-state index contributed by atoms with van der Waals surface area (Å²) >= 11 is 5.84. The maximum Gasteiger partial charge on any atom is 0.206 e. The van der Waals surface area contributed by atoms with Gasteiger partial charge in [-0.15, -0.1) is 11.6 Å². The third-order valence-electron chi connectivity index (χ3n) is 3.49. The number of anilines is 1. The number of aliphatic imine (C=N–C) groups is 2. The van der Waals surface area contributed by atoms with Crippen molar-refractivity contribution in [2.24, 2.45) is 9.98 Å². The summed E-state index contributed by atoms with van der Waals surface area (Å²) in [6.45, 7) is 0.336. The van der Waals surface area contributed by atoms with E-state index in [2.05, 4.69) is 15.3 Å². The van der Waals surface area contributed by atoms with Gasteiger partial charge in [0, 0.05) is 12.4 Å². The topological polar surface area (TPSA) is 128 Å². The maximum absolute atomic E-state index is 10.1. The first kappa shape index (κ1) is 15.4. The molecule has 116 valence electrons. The number of halogens is 1. The van der Waals surface area contributed by atoms with Gasteiger partial charge in [-0.25, -0.2) is 15.3 Å². The Labute approximate surface area is 136 Å². The van der Waals surface area contributed by atoms with Gasteiger partial charge in [-0.05, 0) is 12.1 Å². The molecule has 0 saturated heterocycles. The van der Waals surface area contributed by atoms with Crippen molar-refractivity contribution in [3.05, 3.63) is 23.3 Å². The fourth-order valence-electron chi connectivity index (χ4n) is 2.50. The third kappa shape index (κ3) is 2.54. The van der Waals surface area contributed by atoms with E-state index < -0.39 is 12.6 Å². The molecule has 0 aliphatic carbocycles.